The Kier molecular flexibility index (Phi) is 11.3. The Bertz CT molecular complexity index is 627. The van der Waals surface area contributed by atoms with Crippen LogP contribution in [0.2, 0.25) is 0 Å². The van der Waals surface area contributed by atoms with Gasteiger partial charge < -0.3 is 15.5 Å². The van der Waals surface area contributed by atoms with Crippen LogP contribution in [0, 0.1) is 0 Å². The van der Waals surface area contributed by atoms with Crippen molar-refractivity contribution < 1.29 is 0 Å². The van der Waals surface area contributed by atoms with Crippen molar-refractivity contribution in [3.8, 4) is 0 Å². The van der Waals surface area contributed by atoms with Crippen LogP contribution in [-0.4, -0.2) is 73.2 Å². The molecule has 1 aliphatic heterocycles. The smallest absolute Gasteiger partial charge is 0.225 e. The predicted molar refractivity (Wildman–Crippen MR) is 131 cm³/mol. The Balaban J connectivity index is 0.00000300. The molecule has 0 atom stereocenters. The number of rotatable bonds is 8. The van der Waals surface area contributed by atoms with E-state index in [1.807, 2.05) is 18.5 Å². The number of piperazine rings is 1. The first-order valence-corrected chi connectivity index (χ1v) is 10.8. The molecule has 0 saturated carbocycles. The molecule has 0 amide bonds. The number of allylic oxidation sites excluding steroid dienone is 1. The van der Waals surface area contributed by atoms with Crippen molar-refractivity contribution in [1.82, 2.24) is 25.5 Å². The molecule has 3 rings (SSSR count). The zero-order valence-electron chi connectivity index (χ0n) is 17.6. The second-order valence-electron chi connectivity index (χ2n) is 7.42. The van der Waals surface area contributed by atoms with Crippen LogP contribution in [0.3, 0.4) is 0 Å². The lowest BCUT2D eigenvalue weighted by atomic mass is 9.97. The van der Waals surface area contributed by atoms with E-state index in [9.17, 15) is 0 Å². The third-order valence-corrected chi connectivity index (χ3v) is 5.36. The molecule has 8 heteroatoms. The van der Waals surface area contributed by atoms with Gasteiger partial charge in [0.25, 0.3) is 0 Å². The van der Waals surface area contributed by atoms with Gasteiger partial charge in [-0.3, -0.25) is 9.89 Å². The minimum Gasteiger partial charge on any atom is -0.357 e. The van der Waals surface area contributed by atoms with Crippen molar-refractivity contribution in [2.45, 2.75) is 39.0 Å². The van der Waals surface area contributed by atoms with Gasteiger partial charge in [0, 0.05) is 58.2 Å². The highest BCUT2D eigenvalue weighted by molar-refractivity contribution is 14.0. The van der Waals surface area contributed by atoms with Gasteiger partial charge >= 0.3 is 0 Å². The first-order valence-electron chi connectivity index (χ1n) is 10.8. The van der Waals surface area contributed by atoms with Crippen LogP contribution in [0.25, 0.3) is 0 Å². The summed E-state index contributed by atoms with van der Waals surface area (Å²) in [5.41, 5.74) is 1.61. The van der Waals surface area contributed by atoms with E-state index >= 15 is 0 Å². The topological polar surface area (TPSA) is 68.7 Å². The van der Waals surface area contributed by atoms with Gasteiger partial charge in [0.2, 0.25) is 5.95 Å². The second kappa shape index (κ2) is 13.7. The molecule has 0 spiro atoms. The fourth-order valence-corrected chi connectivity index (χ4v) is 3.74. The summed E-state index contributed by atoms with van der Waals surface area (Å²) in [7, 11) is 0. The summed E-state index contributed by atoms with van der Waals surface area (Å²) in [5, 5.41) is 6.85. The van der Waals surface area contributed by atoms with Crippen LogP contribution in [0.5, 0.6) is 0 Å². The van der Waals surface area contributed by atoms with Gasteiger partial charge in [-0.1, -0.05) is 11.6 Å². The van der Waals surface area contributed by atoms with Crippen LogP contribution < -0.4 is 15.5 Å². The van der Waals surface area contributed by atoms with Crippen LogP contribution in [0.1, 0.15) is 39.0 Å². The Morgan fingerprint density at radius 3 is 2.59 bits per heavy atom. The maximum absolute atomic E-state index is 4.76. The number of aromatic nitrogens is 2. The van der Waals surface area contributed by atoms with E-state index in [0.29, 0.717) is 0 Å². The number of hydrogen-bond acceptors (Lipinski definition) is 5. The van der Waals surface area contributed by atoms with Crippen LogP contribution in [0.4, 0.5) is 5.95 Å². The first-order chi connectivity index (χ1) is 13.8. The lowest BCUT2D eigenvalue weighted by molar-refractivity contribution is 0.263. The van der Waals surface area contributed by atoms with Gasteiger partial charge in [0.05, 0.1) is 6.54 Å². The van der Waals surface area contributed by atoms with Crippen LogP contribution in [0.15, 0.2) is 35.1 Å². The quantitative estimate of drug-likeness (QED) is 0.241. The van der Waals surface area contributed by atoms with Crippen molar-refractivity contribution in [3.63, 3.8) is 0 Å². The number of hydrogen-bond donors (Lipinski definition) is 2. The van der Waals surface area contributed by atoms with E-state index in [1.165, 1.54) is 25.7 Å². The van der Waals surface area contributed by atoms with Crippen molar-refractivity contribution >= 4 is 35.9 Å². The summed E-state index contributed by atoms with van der Waals surface area (Å²) < 4.78 is 0. The number of nitrogens with zero attached hydrogens (tertiary/aromatic N) is 5. The lowest BCUT2D eigenvalue weighted by Crippen LogP contribution is -2.47. The fraction of sp³-hybridized carbons (Fsp3) is 0.667. The number of halogens is 1. The molecule has 2 heterocycles. The van der Waals surface area contributed by atoms with E-state index in [1.54, 1.807) is 5.57 Å². The van der Waals surface area contributed by atoms with Crippen molar-refractivity contribution in [1.29, 1.82) is 0 Å². The summed E-state index contributed by atoms with van der Waals surface area (Å²) in [6, 6.07) is 1.86. The van der Waals surface area contributed by atoms with E-state index in [4.69, 9.17) is 4.99 Å². The Labute approximate surface area is 192 Å². The molecular formula is C21H36IN7. The van der Waals surface area contributed by atoms with Crippen molar-refractivity contribution in [2.75, 3.05) is 57.3 Å². The molecule has 29 heavy (non-hydrogen) atoms. The molecule has 1 aromatic rings. The molecular weight excluding hydrogens is 477 g/mol. The molecule has 0 aromatic carbocycles. The molecule has 1 aromatic heterocycles. The third kappa shape index (κ3) is 8.46. The molecule has 162 valence electrons. The molecule has 0 bridgehead atoms. The van der Waals surface area contributed by atoms with Crippen LogP contribution >= 0.6 is 24.0 Å². The van der Waals surface area contributed by atoms with E-state index < -0.39 is 0 Å². The standard InChI is InChI=1S/C21H35N7.HI/c1-2-22-20(23-12-9-19-7-4-3-5-8-19)24-13-14-27-15-17-28(18-16-27)21-25-10-6-11-26-21;/h6-7,10-11H,2-5,8-9,12-18H2,1H3,(H2,22,23,24);1H. The monoisotopic (exact) mass is 513 g/mol. The maximum atomic E-state index is 4.76. The van der Waals surface area contributed by atoms with Gasteiger partial charge in [0.1, 0.15) is 0 Å². The average molecular weight is 513 g/mol. The zero-order valence-corrected chi connectivity index (χ0v) is 20.0. The second-order valence-corrected chi connectivity index (χ2v) is 7.42. The summed E-state index contributed by atoms with van der Waals surface area (Å²) in [5.74, 6) is 1.78. The molecule has 1 fully saturated rings. The Hall–Kier alpha value is -1.42. The highest BCUT2D eigenvalue weighted by Crippen LogP contribution is 2.19. The van der Waals surface area contributed by atoms with Gasteiger partial charge in [-0.15, -0.1) is 24.0 Å². The SMILES string of the molecule is CCNC(=NCCN1CCN(c2ncccn2)CC1)NCCC1=CCCCC1.I. The average Bonchev–Trinajstić information content (AvgIpc) is 2.76. The zero-order chi connectivity index (χ0) is 19.4. The minimum atomic E-state index is 0. The number of anilines is 1. The highest BCUT2D eigenvalue weighted by atomic mass is 127. The number of aliphatic imine (C=N–C) groups is 1. The Morgan fingerprint density at radius 2 is 1.90 bits per heavy atom. The van der Waals surface area contributed by atoms with Crippen molar-refractivity contribution in [3.05, 3.63) is 30.1 Å². The molecule has 2 N–H and O–H groups in total. The van der Waals surface area contributed by atoms with Crippen LogP contribution in [-0.2, 0) is 0 Å². The summed E-state index contributed by atoms with van der Waals surface area (Å²) >= 11 is 0. The van der Waals surface area contributed by atoms with Gasteiger partial charge in [0.15, 0.2) is 5.96 Å². The third-order valence-electron chi connectivity index (χ3n) is 5.36. The molecule has 1 aliphatic carbocycles. The van der Waals surface area contributed by atoms with Gasteiger partial charge in [-0.05, 0) is 45.1 Å². The van der Waals surface area contributed by atoms with E-state index in [0.717, 1.165) is 70.7 Å². The molecule has 7 nitrogen and oxygen atoms in total. The minimum absolute atomic E-state index is 0. The maximum Gasteiger partial charge on any atom is 0.225 e. The lowest BCUT2D eigenvalue weighted by Gasteiger charge is -2.34. The summed E-state index contributed by atoms with van der Waals surface area (Å²) in [4.78, 5) is 18.2. The van der Waals surface area contributed by atoms with Gasteiger partial charge in [-0.2, -0.15) is 0 Å². The molecule has 1 saturated heterocycles. The molecule has 0 radical (unpaired) electrons. The molecule has 2 aliphatic rings. The number of guanidine groups is 1. The number of nitrogens with one attached hydrogen (secondary N) is 2. The van der Waals surface area contributed by atoms with Gasteiger partial charge in [-0.25, -0.2) is 9.97 Å². The fourth-order valence-electron chi connectivity index (χ4n) is 3.74. The van der Waals surface area contributed by atoms with Crippen molar-refractivity contribution in [2.24, 2.45) is 4.99 Å². The molecule has 0 unspecified atom stereocenters. The Morgan fingerprint density at radius 1 is 1.10 bits per heavy atom. The normalized spacial score (nSPS) is 18.0. The first kappa shape index (κ1) is 23.9. The predicted octanol–water partition coefficient (Wildman–Crippen LogP) is 2.66. The van der Waals surface area contributed by atoms with E-state index in [2.05, 4.69) is 43.4 Å². The largest absolute Gasteiger partial charge is 0.357 e. The highest BCUT2D eigenvalue weighted by Gasteiger charge is 2.18. The summed E-state index contributed by atoms with van der Waals surface area (Å²) in [6.45, 7) is 9.80. The van der Waals surface area contributed by atoms with E-state index in [-0.39, 0.29) is 24.0 Å². The summed E-state index contributed by atoms with van der Waals surface area (Å²) in [6.07, 6.45) is 12.4.